The predicted molar refractivity (Wildman–Crippen MR) is 107 cm³/mol. The Hall–Kier alpha value is -3.16. The summed E-state index contributed by atoms with van der Waals surface area (Å²) in [5, 5.41) is 11.6. The van der Waals surface area contributed by atoms with Gasteiger partial charge in [0.2, 0.25) is 0 Å². The molecule has 0 unspecified atom stereocenters. The molecule has 1 heterocycles. The maximum Gasteiger partial charge on any atom is 0.286 e. The van der Waals surface area contributed by atoms with E-state index in [9.17, 15) is 14.9 Å². The number of carbonyl (C=O) groups is 1. The zero-order valence-electron chi connectivity index (χ0n) is 16.7. The van der Waals surface area contributed by atoms with E-state index in [0.29, 0.717) is 12.1 Å². The van der Waals surface area contributed by atoms with Gasteiger partial charge in [-0.05, 0) is 31.9 Å². The molecule has 1 aromatic heterocycles. The Morgan fingerprint density at radius 1 is 1.24 bits per heavy atom. The van der Waals surface area contributed by atoms with E-state index in [0.717, 1.165) is 25.7 Å². The van der Waals surface area contributed by atoms with Gasteiger partial charge >= 0.3 is 0 Å². The fraction of sp³-hybridized carbons (Fsp3) is 0.429. The van der Waals surface area contributed by atoms with Crippen LogP contribution < -0.4 is 15.0 Å². The highest BCUT2D eigenvalue weighted by Crippen LogP contribution is 2.35. The van der Waals surface area contributed by atoms with Crippen molar-refractivity contribution < 1.29 is 19.2 Å². The summed E-state index contributed by atoms with van der Waals surface area (Å²) < 4.78 is 12.1. The number of hydrogen-bond acceptors (Lipinski definition) is 6. The monoisotopic (exact) mass is 399 g/mol. The fourth-order valence-electron chi connectivity index (χ4n) is 3.54. The Balaban J connectivity index is 2.09. The molecule has 0 saturated heterocycles. The molecule has 1 aliphatic rings. The Morgan fingerprint density at radius 3 is 2.66 bits per heavy atom. The molecule has 0 aliphatic heterocycles. The molecule has 0 atom stereocenters. The molecule has 8 heteroatoms. The van der Waals surface area contributed by atoms with E-state index in [2.05, 4.69) is 0 Å². The topological polar surface area (TPSA) is 96.0 Å². The van der Waals surface area contributed by atoms with E-state index in [1.54, 1.807) is 31.3 Å². The highest BCUT2D eigenvalue weighted by Gasteiger charge is 2.26. The molecule has 1 fully saturated rings. The summed E-state index contributed by atoms with van der Waals surface area (Å²) in [5.41, 5.74) is 0.0809. The first-order valence-electron chi connectivity index (χ1n) is 9.80. The van der Waals surface area contributed by atoms with Gasteiger partial charge in [-0.3, -0.25) is 24.5 Å². The van der Waals surface area contributed by atoms with E-state index in [1.807, 2.05) is 0 Å². The standard InChI is InChI=1S/C21H25N3O5/c1-3-29-19-14-17(24(26)27)16(13-18(19)28-2)21(25)23-12-8-7-11-20(23)22-15-9-5-4-6-10-15/h7-8,11-15H,3-6,9-10H2,1-2H3. The number of rotatable bonds is 6. The second-order valence-corrected chi connectivity index (χ2v) is 6.87. The summed E-state index contributed by atoms with van der Waals surface area (Å²) in [6, 6.07) is 8.01. The number of pyridine rings is 1. The minimum Gasteiger partial charge on any atom is -0.493 e. The molecule has 0 spiro atoms. The molecule has 1 aliphatic carbocycles. The lowest BCUT2D eigenvalue weighted by molar-refractivity contribution is -0.385. The third-order valence-corrected chi connectivity index (χ3v) is 4.96. The van der Waals surface area contributed by atoms with Crippen molar-refractivity contribution in [2.75, 3.05) is 13.7 Å². The van der Waals surface area contributed by atoms with Crippen molar-refractivity contribution in [1.82, 2.24) is 4.57 Å². The van der Waals surface area contributed by atoms with Crippen molar-refractivity contribution >= 4 is 11.6 Å². The van der Waals surface area contributed by atoms with Crippen LogP contribution in [-0.4, -0.2) is 35.2 Å². The number of nitro benzene ring substituents is 1. The minimum absolute atomic E-state index is 0.0772. The summed E-state index contributed by atoms with van der Waals surface area (Å²) in [6.45, 7) is 2.09. The van der Waals surface area contributed by atoms with Gasteiger partial charge in [0.25, 0.3) is 11.6 Å². The van der Waals surface area contributed by atoms with Gasteiger partial charge in [-0.15, -0.1) is 0 Å². The zero-order chi connectivity index (χ0) is 20.8. The van der Waals surface area contributed by atoms with Gasteiger partial charge < -0.3 is 9.47 Å². The second kappa shape index (κ2) is 9.36. The average Bonchev–Trinajstić information content (AvgIpc) is 2.74. The Morgan fingerprint density at radius 2 is 2.00 bits per heavy atom. The molecule has 0 amide bonds. The van der Waals surface area contributed by atoms with Crippen molar-refractivity contribution in [1.29, 1.82) is 0 Å². The summed E-state index contributed by atoms with van der Waals surface area (Å²) in [7, 11) is 1.43. The largest absolute Gasteiger partial charge is 0.493 e. The predicted octanol–water partition coefficient (Wildman–Crippen LogP) is 3.73. The third kappa shape index (κ3) is 4.64. The van der Waals surface area contributed by atoms with Crippen LogP contribution in [0.25, 0.3) is 0 Å². The van der Waals surface area contributed by atoms with E-state index < -0.39 is 10.8 Å². The number of methoxy groups -OCH3 is 1. The molecule has 8 nitrogen and oxygen atoms in total. The normalized spacial score (nSPS) is 15.2. The van der Waals surface area contributed by atoms with Crippen LogP contribution in [0.5, 0.6) is 11.5 Å². The smallest absolute Gasteiger partial charge is 0.286 e. The van der Waals surface area contributed by atoms with E-state index in [-0.39, 0.29) is 28.8 Å². The fourth-order valence-corrected chi connectivity index (χ4v) is 3.54. The first kappa shape index (κ1) is 20.6. The van der Waals surface area contributed by atoms with Crippen LogP contribution in [0, 0.1) is 10.1 Å². The molecule has 29 heavy (non-hydrogen) atoms. The number of carbonyl (C=O) groups excluding carboxylic acids is 1. The summed E-state index contributed by atoms with van der Waals surface area (Å²) in [5.74, 6) is -0.0419. The lowest BCUT2D eigenvalue weighted by atomic mass is 9.96. The molecule has 3 rings (SSSR count). The number of benzene rings is 1. The van der Waals surface area contributed by atoms with Gasteiger partial charge in [0.1, 0.15) is 11.1 Å². The van der Waals surface area contributed by atoms with Crippen LogP contribution in [0.4, 0.5) is 5.69 Å². The molecular formula is C21H25N3O5. The average molecular weight is 399 g/mol. The maximum absolute atomic E-state index is 13.3. The SMILES string of the molecule is CCOc1cc([N+](=O)[O-])c(C(=O)n2ccccc2=NC2CCCCC2)cc1OC. The van der Waals surface area contributed by atoms with Gasteiger partial charge in [-0.1, -0.05) is 25.3 Å². The van der Waals surface area contributed by atoms with E-state index >= 15 is 0 Å². The van der Waals surface area contributed by atoms with Crippen LogP contribution in [0.15, 0.2) is 41.5 Å². The molecule has 2 aromatic rings. The highest BCUT2D eigenvalue weighted by atomic mass is 16.6. The highest BCUT2D eigenvalue weighted by molar-refractivity contribution is 6.00. The second-order valence-electron chi connectivity index (χ2n) is 6.87. The number of aromatic nitrogens is 1. The van der Waals surface area contributed by atoms with Gasteiger partial charge in [-0.2, -0.15) is 0 Å². The van der Waals surface area contributed by atoms with Crippen LogP contribution in [0.3, 0.4) is 0 Å². The molecular weight excluding hydrogens is 374 g/mol. The Bertz CT molecular complexity index is 961. The van der Waals surface area contributed by atoms with E-state index in [1.165, 1.54) is 30.2 Å². The molecule has 1 aromatic carbocycles. The molecule has 154 valence electrons. The summed E-state index contributed by atoms with van der Waals surface area (Å²) in [6.07, 6.45) is 7.00. The molecule has 0 bridgehead atoms. The van der Waals surface area contributed by atoms with Gasteiger partial charge in [0.15, 0.2) is 11.5 Å². The summed E-state index contributed by atoms with van der Waals surface area (Å²) in [4.78, 5) is 29.1. The van der Waals surface area contributed by atoms with Gasteiger partial charge in [0, 0.05) is 12.3 Å². The van der Waals surface area contributed by atoms with Crippen LogP contribution in [0.2, 0.25) is 0 Å². The Kier molecular flexibility index (Phi) is 6.64. The van der Waals surface area contributed by atoms with Crippen LogP contribution in [0.1, 0.15) is 49.4 Å². The molecule has 1 saturated carbocycles. The maximum atomic E-state index is 13.3. The number of nitro groups is 1. The molecule has 0 radical (unpaired) electrons. The van der Waals surface area contributed by atoms with Crippen LogP contribution in [-0.2, 0) is 0 Å². The van der Waals surface area contributed by atoms with Crippen molar-refractivity contribution in [3.05, 3.63) is 57.7 Å². The quantitative estimate of drug-likeness (QED) is 0.545. The van der Waals surface area contributed by atoms with E-state index in [4.69, 9.17) is 14.5 Å². The lowest BCUT2D eigenvalue weighted by Crippen LogP contribution is -2.29. The van der Waals surface area contributed by atoms with Gasteiger partial charge in [-0.25, -0.2) is 0 Å². The first-order chi connectivity index (χ1) is 14.0. The number of nitrogens with zero attached hydrogens (tertiary/aromatic N) is 3. The number of hydrogen-bond donors (Lipinski definition) is 0. The minimum atomic E-state index is -0.587. The zero-order valence-corrected chi connectivity index (χ0v) is 16.7. The summed E-state index contributed by atoms with van der Waals surface area (Å²) >= 11 is 0. The molecule has 0 N–H and O–H groups in total. The van der Waals surface area contributed by atoms with Crippen molar-refractivity contribution in [2.24, 2.45) is 4.99 Å². The van der Waals surface area contributed by atoms with Crippen LogP contribution >= 0.6 is 0 Å². The van der Waals surface area contributed by atoms with Crippen molar-refractivity contribution in [2.45, 2.75) is 45.1 Å². The lowest BCUT2D eigenvalue weighted by Gasteiger charge is -2.18. The van der Waals surface area contributed by atoms with Crippen molar-refractivity contribution in [3.63, 3.8) is 0 Å². The van der Waals surface area contributed by atoms with Crippen molar-refractivity contribution in [3.8, 4) is 11.5 Å². The third-order valence-electron chi connectivity index (χ3n) is 4.96. The number of ether oxygens (including phenoxy) is 2. The first-order valence-corrected chi connectivity index (χ1v) is 9.80. The van der Waals surface area contributed by atoms with Gasteiger partial charge in [0.05, 0.1) is 30.7 Å². The Labute approximate surface area is 168 Å².